The molecule has 1 aromatic carbocycles. The normalized spacial score (nSPS) is 20.2. The first kappa shape index (κ1) is 14.0. The number of likely N-dealkylation sites (N-methyl/N-ethyl adjacent to an activating group) is 1. The standard InChI is InChI=1S/C13H18ClN3O2/c1-17-4-2-3-9(7-17)16-12-10(13(18)19)5-8(15)6-11(12)14/h5-6,9,16H,2-4,7,15H2,1H3,(H,18,19). The van der Waals surface area contributed by atoms with Crippen LogP contribution in [0.15, 0.2) is 12.1 Å². The highest BCUT2D eigenvalue weighted by Crippen LogP contribution is 2.30. The Kier molecular flexibility index (Phi) is 4.17. The van der Waals surface area contributed by atoms with E-state index < -0.39 is 5.97 Å². The van der Waals surface area contributed by atoms with Crippen LogP contribution in [0, 0.1) is 0 Å². The molecule has 1 atom stereocenters. The van der Waals surface area contributed by atoms with Crippen molar-refractivity contribution >= 4 is 28.9 Å². The predicted molar refractivity (Wildman–Crippen MR) is 77.0 cm³/mol. The summed E-state index contributed by atoms with van der Waals surface area (Å²) >= 11 is 6.11. The molecule has 104 valence electrons. The van der Waals surface area contributed by atoms with Gasteiger partial charge in [0.05, 0.1) is 16.3 Å². The van der Waals surface area contributed by atoms with Gasteiger partial charge in [0.15, 0.2) is 0 Å². The van der Waals surface area contributed by atoms with Crippen molar-refractivity contribution in [2.75, 3.05) is 31.2 Å². The molecule has 2 rings (SSSR count). The number of nitrogens with two attached hydrogens (primary N) is 1. The van der Waals surface area contributed by atoms with Gasteiger partial charge in [-0.25, -0.2) is 4.79 Å². The van der Waals surface area contributed by atoms with Crippen LogP contribution in [-0.4, -0.2) is 42.2 Å². The van der Waals surface area contributed by atoms with Gasteiger partial charge in [-0.2, -0.15) is 0 Å². The van der Waals surface area contributed by atoms with Crippen molar-refractivity contribution in [2.24, 2.45) is 0 Å². The first-order valence-electron chi connectivity index (χ1n) is 6.24. The number of hydrogen-bond donors (Lipinski definition) is 3. The van der Waals surface area contributed by atoms with Gasteiger partial charge in [-0.3, -0.25) is 0 Å². The summed E-state index contributed by atoms with van der Waals surface area (Å²) in [6.07, 6.45) is 2.09. The number of benzene rings is 1. The minimum atomic E-state index is -1.03. The van der Waals surface area contributed by atoms with E-state index in [1.807, 2.05) is 0 Å². The van der Waals surface area contributed by atoms with E-state index in [9.17, 15) is 9.90 Å². The van der Waals surface area contributed by atoms with Gasteiger partial charge in [0.25, 0.3) is 0 Å². The molecule has 0 saturated carbocycles. The quantitative estimate of drug-likeness (QED) is 0.741. The van der Waals surface area contributed by atoms with Gasteiger partial charge in [0, 0.05) is 18.3 Å². The molecule has 0 spiro atoms. The summed E-state index contributed by atoms with van der Waals surface area (Å²) in [4.78, 5) is 13.5. The van der Waals surface area contributed by atoms with Gasteiger partial charge in [-0.1, -0.05) is 11.6 Å². The van der Waals surface area contributed by atoms with Gasteiger partial charge < -0.3 is 21.1 Å². The van der Waals surface area contributed by atoms with Crippen LogP contribution in [0.3, 0.4) is 0 Å². The number of nitrogens with zero attached hydrogens (tertiary/aromatic N) is 1. The molecule has 1 aliphatic heterocycles. The lowest BCUT2D eigenvalue weighted by Crippen LogP contribution is -2.40. The number of hydrogen-bond acceptors (Lipinski definition) is 4. The summed E-state index contributed by atoms with van der Waals surface area (Å²) in [5.41, 5.74) is 6.58. The highest BCUT2D eigenvalue weighted by Gasteiger charge is 2.21. The van der Waals surface area contributed by atoms with Crippen LogP contribution in [0.1, 0.15) is 23.2 Å². The minimum absolute atomic E-state index is 0.123. The molecule has 0 bridgehead atoms. The number of carbonyl (C=O) groups is 1. The summed E-state index contributed by atoms with van der Waals surface area (Å²) in [6.45, 7) is 1.94. The van der Waals surface area contributed by atoms with E-state index >= 15 is 0 Å². The molecular formula is C13H18ClN3O2. The molecule has 6 heteroatoms. The molecule has 19 heavy (non-hydrogen) atoms. The second-order valence-corrected chi connectivity index (χ2v) is 5.38. The topological polar surface area (TPSA) is 78.6 Å². The maximum absolute atomic E-state index is 11.3. The number of carboxylic acid groups (broad SMARTS) is 1. The van der Waals surface area contributed by atoms with Crippen LogP contribution < -0.4 is 11.1 Å². The zero-order valence-corrected chi connectivity index (χ0v) is 11.6. The van der Waals surface area contributed by atoms with Crippen molar-refractivity contribution in [3.63, 3.8) is 0 Å². The molecule has 1 heterocycles. The summed E-state index contributed by atoms with van der Waals surface area (Å²) in [7, 11) is 2.05. The number of nitrogen functional groups attached to an aromatic ring is 1. The largest absolute Gasteiger partial charge is 0.478 e. The van der Waals surface area contributed by atoms with Crippen LogP contribution in [0.5, 0.6) is 0 Å². The van der Waals surface area contributed by atoms with Crippen molar-refractivity contribution in [3.8, 4) is 0 Å². The highest BCUT2D eigenvalue weighted by atomic mass is 35.5. The van der Waals surface area contributed by atoms with Gasteiger partial charge in [0.1, 0.15) is 0 Å². The summed E-state index contributed by atoms with van der Waals surface area (Å²) in [6, 6.07) is 3.21. The lowest BCUT2D eigenvalue weighted by molar-refractivity contribution is 0.0698. The monoisotopic (exact) mass is 283 g/mol. The fourth-order valence-electron chi connectivity index (χ4n) is 2.43. The molecule has 1 aliphatic rings. The van der Waals surface area contributed by atoms with Gasteiger partial charge in [-0.05, 0) is 38.6 Å². The number of anilines is 2. The number of piperidine rings is 1. The second kappa shape index (κ2) is 5.67. The van der Waals surface area contributed by atoms with Crippen molar-refractivity contribution in [2.45, 2.75) is 18.9 Å². The third-order valence-electron chi connectivity index (χ3n) is 3.32. The Bertz CT molecular complexity index is 493. The lowest BCUT2D eigenvalue weighted by atomic mass is 10.0. The highest BCUT2D eigenvalue weighted by molar-refractivity contribution is 6.34. The first-order chi connectivity index (χ1) is 8.97. The van der Waals surface area contributed by atoms with Crippen LogP contribution in [0.2, 0.25) is 5.02 Å². The van der Waals surface area contributed by atoms with Crippen LogP contribution in [0.25, 0.3) is 0 Å². The fraction of sp³-hybridized carbons (Fsp3) is 0.462. The van der Waals surface area contributed by atoms with E-state index in [-0.39, 0.29) is 11.6 Å². The molecule has 0 amide bonds. The minimum Gasteiger partial charge on any atom is -0.478 e. The van der Waals surface area contributed by atoms with Crippen LogP contribution in [-0.2, 0) is 0 Å². The van der Waals surface area contributed by atoms with E-state index in [0.29, 0.717) is 16.4 Å². The molecule has 0 radical (unpaired) electrons. The fourth-order valence-corrected chi connectivity index (χ4v) is 2.71. The Labute approximate surface area is 117 Å². The third-order valence-corrected chi connectivity index (χ3v) is 3.61. The number of likely N-dealkylation sites (tertiary alicyclic amines) is 1. The number of rotatable bonds is 3. The number of carboxylic acids is 1. The van der Waals surface area contributed by atoms with Gasteiger partial charge in [0.2, 0.25) is 0 Å². The lowest BCUT2D eigenvalue weighted by Gasteiger charge is -2.31. The summed E-state index contributed by atoms with van der Waals surface area (Å²) in [5.74, 6) is -1.03. The molecule has 1 aromatic rings. The van der Waals surface area contributed by atoms with Crippen LogP contribution >= 0.6 is 11.6 Å². The van der Waals surface area contributed by atoms with E-state index in [1.165, 1.54) is 6.07 Å². The molecule has 4 N–H and O–H groups in total. The van der Waals surface area contributed by atoms with Crippen LogP contribution in [0.4, 0.5) is 11.4 Å². The second-order valence-electron chi connectivity index (χ2n) is 4.98. The van der Waals surface area contributed by atoms with Crippen molar-refractivity contribution < 1.29 is 9.90 Å². The number of aromatic carboxylic acids is 1. The van der Waals surface area contributed by atoms with Gasteiger partial charge in [-0.15, -0.1) is 0 Å². The number of halogens is 1. The molecule has 5 nitrogen and oxygen atoms in total. The molecule has 1 saturated heterocycles. The average Bonchev–Trinajstić information content (AvgIpc) is 2.32. The Morgan fingerprint density at radius 1 is 1.58 bits per heavy atom. The summed E-state index contributed by atoms with van der Waals surface area (Å²) < 4.78 is 0. The molecule has 1 unspecified atom stereocenters. The predicted octanol–water partition coefficient (Wildman–Crippen LogP) is 2.13. The Hall–Kier alpha value is -1.46. The van der Waals surface area contributed by atoms with Crippen molar-refractivity contribution in [1.82, 2.24) is 4.90 Å². The maximum atomic E-state index is 11.3. The maximum Gasteiger partial charge on any atom is 0.337 e. The smallest absolute Gasteiger partial charge is 0.337 e. The zero-order valence-electron chi connectivity index (χ0n) is 10.8. The molecule has 0 aromatic heterocycles. The number of nitrogens with one attached hydrogen (secondary N) is 1. The molecular weight excluding hydrogens is 266 g/mol. The molecule has 1 fully saturated rings. The zero-order chi connectivity index (χ0) is 14.0. The van der Waals surface area contributed by atoms with E-state index in [0.717, 1.165) is 25.9 Å². The van der Waals surface area contributed by atoms with Crippen molar-refractivity contribution in [1.29, 1.82) is 0 Å². The summed E-state index contributed by atoms with van der Waals surface area (Å²) in [5, 5.41) is 12.8. The SMILES string of the molecule is CN1CCCC(Nc2c(Cl)cc(N)cc2C(=O)O)C1. The Balaban J connectivity index is 2.26. The Morgan fingerprint density at radius 2 is 2.32 bits per heavy atom. The first-order valence-corrected chi connectivity index (χ1v) is 6.62. The Morgan fingerprint density at radius 3 is 2.95 bits per heavy atom. The average molecular weight is 284 g/mol. The van der Waals surface area contributed by atoms with E-state index in [1.54, 1.807) is 6.07 Å². The van der Waals surface area contributed by atoms with Crippen molar-refractivity contribution in [3.05, 3.63) is 22.7 Å². The third kappa shape index (κ3) is 3.30. The van der Waals surface area contributed by atoms with E-state index in [4.69, 9.17) is 17.3 Å². The van der Waals surface area contributed by atoms with Gasteiger partial charge >= 0.3 is 5.97 Å². The molecule has 0 aliphatic carbocycles. The van der Waals surface area contributed by atoms with E-state index in [2.05, 4.69) is 17.3 Å².